The zero-order valence-corrected chi connectivity index (χ0v) is 7.04. The number of hydrogen-bond acceptors (Lipinski definition) is 4. The van der Waals surface area contributed by atoms with Crippen LogP contribution in [-0.2, 0) is 4.79 Å². The van der Waals surface area contributed by atoms with Crippen molar-refractivity contribution in [3.05, 3.63) is 34.2 Å². The summed E-state index contributed by atoms with van der Waals surface area (Å²) in [6.45, 7) is 0. The van der Waals surface area contributed by atoms with Crippen molar-refractivity contribution >= 4 is 5.97 Å². The number of pyridine rings is 1. The number of nitrogens with one attached hydrogen (secondary N) is 1. The molecule has 0 aliphatic carbocycles. The van der Waals surface area contributed by atoms with Crippen LogP contribution in [0.1, 0.15) is 11.7 Å². The van der Waals surface area contributed by atoms with Crippen LogP contribution in [0.4, 0.5) is 0 Å². The van der Waals surface area contributed by atoms with E-state index in [9.17, 15) is 14.7 Å². The van der Waals surface area contributed by atoms with Crippen LogP contribution < -0.4 is 5.56 Å². The molecule has 14 heavy (non-hydrogen) atoms. The van der Waals surface area contributed by atoms with Crippen LogP contribution in [0.2, 0.25) is 0 Å². The van der Waals surface area contributed by atoms with E-state index in [0.717, 1.165) is 12.3 Å². The Balaban J connectivity index is 2.89. The fraction of sp³-hybridized carbons (Fsp3) is 0.250. The molecule has 6 nitrogen and oxygen atoms in total. The molecule has 2 unspecified atom stereocenters. The Morgan fingerprint density at radius 2 is 2.00 bits per heavy atom. The Labute approximate surface area is 78.5 Å². The van der Waals surface area contributed by atoms with Gasteiger partial charge in [0.05, 0.1) is 0 Å². The minimum Gasteiger partial charge on any atom is -0.479 e. The summed E-state index contributed by atoms with van der Waals surface area (Å²) in [7, 11) is 0. The van der Waals surface area contributed by atoms with Gasteiger partial charge in [0.25, 0.3) is 0 Å². The number of aliphatic hydroxyl groups excluding tert-OH is 2. The summed E-state index contributed by atoms with van der Waals surface area (Å²) in [5.74, 6) is -1.52. The van der Waals surface area contributed by atoms with Crippen LogP contribution in [0, 0.1) is 0 Å². The van der Waals surface area contributed by atoms with Gasteiger partial charge < -0.3 is 20.3 Å². The molecule has 1 aromatic rings. The Hall–Kier alpha value is -1.66. The van der Waals surface area contributed by atoms with Gasteiger partial charge in [0.1, 0.15) is 6.10 Å². The molecule has 1 heterocycles. The first-order chi connectivity index (χ1) is 6.52. The molecule has 0 amide bonds. The zero-order chi connectivity index (χ0) is 10.7. The number of rotatable bonds is 3. The summed E-state index contributed by atoms with van der Waals surface area (Å²) >= 11 is 0. The second kappa shape index (κ2) is 4.03. The van der Waals surface area contributed by atoms with Gasteiger partial charge in [0.2, 0.25) is 5.56 Å². The first-order valence-electron chi connectivity index (χ1n) is 3.80. The lowest BCUT2D eigenvalue weighted by atomic mass is 10.1. The molecule has 0 bridgehead atoms. The topological polar surface area (TPSA) is 111 Å². The van der Waals surface area contributed by atoms with Crippen molar-refractivity contribution in [3.8, 4) is 0 Å². The molecule has 76 valence electrons. The first kappa shape index (κ1) is 10.4. The smallest absolute Gasteiger partial charge is 0.335 e. The lowest BCUT2D eigenvalue weighted by Crippen LogP contribution is -2.27. The Morgan fingerprint density at radius 1 is 1.36 bits per heavy atom. The molecule has 0 aliphatic rings. The average molecular weight is 199 g/mol. The molecule has 1 rings (SSSR count). The van der Waals surface area contributed by atoms with Gasteiger partial charge in [-0.2, -0.15) is 0 Å². The number of aromatic nitrogens is 1. The lowest BCUT2D eigenvalue weighted by molar-refractivity contribution is -0.153. The predicted octanol–water partition coefficient (Wildman–Crippen LogP) is -1.15. The molecule has 0 saturated carbocycles. The zero-order valence-electron chi connectivity index (χ0n) is 7.04. The number of aliphatic carboxylic acids is 1. The number of carbonyl (C=O) groups is 1. The fourth-order valence-corrected chi connectivity index (χ4v) is 0.924. The molecule has 0 saturated heterocycles. The second-order valence-corrected chi connectivity index (χ2v) is 2.71. The van der Waals surface area contributed by atoms with E-state index < -0.39 is 18.2 Å². The molecule has 0 aromatic carbocycles. The maximum atomic E-state index is 10.6. The SMILES string of the molecule is O=C(O)C(O)C(O)c1ccc(=O)[nH]c1. The van der Waals surface area contributed by atoms with Crippen LogP contribution >= 0.6 is 0 Å². The number of aromatic amines is 1. The van der Waals surface area contributed by atoms with Crippen LogP contribution in [-0.4, -0.2) is 32.4 Å². The third kappa shape index (κ3) is 2.18. The minimum atomic E-state index is -1.90. The molecule has 1 aromatic heterocycles. The molecule has 0 aliphatic heterocycles. The molecular weight excluding hydrogens is 190 g/mol. The van der Waals surface area contributed by atoms with E-state index in [1.54, 1.807) is 0 Å². The normalized spacial score (nSPS) is 14.7. The Bertz CT molecular complexity index is 365. The first-order valence-corrected chi connectivity index (χ1v) is 3.80. The highest BCUT2D eigenvalue weighted by molar-refractivity contribution is 5.73. The van der Waals surface area contributed by atoms with E-state index in [1.165, 1.54) is 6.07 Å². The van der Waals surface area contributed by atoms with Gasteiger partial charge in [-0.15, -0.1) is 0 Å². The third-order valence-corrected chi connectivity index (χ3v) is 1.70. The van der Waals surface area contributed by atoms with Crippen LogP contribution in [0.3, 0.4) is 0 Å². The lowest BCUT2D eigenvalue weighted by Gasteiger charge is -2.13. The van der Waals surface area contributed by atoms with Gasteiger partial charge in [-0.3, -0.25) is 4.79 Å². The van der Waals surface area contributed by atoms with Gasteiger partial charge >= 0.3 is 5.97 Å². The standard InChI is InChI=1S/C8H9NO5/c10-5-2-1-4(3-9-5)6(11)7(12)8(13)14/h1-3,6-7,11-12H,(H,9,10)(H,13,14). The van der Waals surface area contributed by atoms with Gasteiger partial charge in [0.15, 0.2) is 6.10 Å². The van der Waals surface area contributed by atoms with E-state index in [1.807, 2.05) is 0 Å². The summed E-state index contributed by atoms with van der Waals surface area (Å²) in [4.78, 5) is 23.2. The maximum Gasteiger partial charge on any atom is 0.335 e. The number of carboxylic acid groups (broad SMARTS) is 1. The van der Waals surface area contributed by atoms with Gasteiger partial charge in [-0.25, -0.2) is 4.79 Å². The Morgan fingerprint density at radius 3 is 2.43 bits per heavy atom. The van der Waals surface area contributed by atoms with Crippen molar-refractivity contribution in [2.24, 2.45) is 0 Å². The molecular formula is C8H9NO5. The van der Waals surface area contributed by atoms with Crippen molar-refractivity contribution in [2.45, 2.75) is 12.2 Å². The molecule has 0 fully saturated rings. The predicted molar refractivity (Wildman–Crippen MR) is 45.7 cm³/mol. The monoisotopic (exact) mass is 199 g/mol. The molecule has 6 heteroatoms. The molecule has 0 spiro atoms. The van der Waals surface area contributed by atoms with Crippen molar-refractivity contribution in [2.75, 3.05) is 0 Å². The summed E-state index contributed by atoms with van der Waals surface area (Å²) in [5.41, 5.74) is -0.231. The third-order valence-electron chi connectivity index (χ3n) is 1.70. The maximum absolute atomic E-state index is 10.6. The van der Waals surface area contributed by atoms with E-state index in [-0.39, 0.29) is 11.1 Å². The molecule has 4 N–H and O–H groups in total. The number of H-pyrrole nitrogens is 1. The van der Waals surface area contributed by atoms with E-state index >= 15 is 0 Å². The highest BCUT2D eigenvalue weighted by atomic mass is 16.4. The van der Waals surface area contributed by atoms with Crippen molar-refractivity contribution in [3.63, 3.8) is 0 Å². The highest BCUT2D eigenvalue weighted by Crippen LogP contribution is 2.14. The Kier molecular flexibility index (Phi) is 3.00. The second-order valence-electron chi connectivity index (χ2n) is 2.71. The largest absolute Gasteiger partial charge is 0.479 e. The summed E-state index contributed by atoms with van der Waals surface area (Å²) in [5, 5.41) is 26.7. The van der Waals surface area contributed by atoms with E-state index in [2.05, 4.69) is 4.98 Å². The van der Waals surface area contributed by atoms with Crippen molar-refractivity contribution in [1.29, 1.82) is 0 Å². The van der Waals surface area contributed by atoms with E-state index in [4.69, 9.17) is 10.2 Å². The highest BCUT2D eigenvalue weighted by Gasteiger charge is 2.24. The van der Waals surface area contributed by atoms with Crippen LogP contribution in [0.5, 0.6) is 0 Å². The molecule has 0 radical (unpaired) electrons. The van der Waals surface area contributed by atoms with E-state index in [0.29, 0.717) is 0 Å². The van der Waals surface area contributed by atoms with Crippen molar-refractivity contribution < 1.29 is 20.1 Å². The molecule has 2 atom stereocenters. The van der Waals surface area contributed by atoms with Gasteiger partial charge in [-0.1, -0.05) is 0 Å². The number of carboxylic acids is 1. The van der Waals surface area contributed by atoms with Crippen LogP contribution in [0.25, 0.3) is 0 Å². The number of aliphatic hydroxyl groups is 2. The average Bonchev–Trinajstić information content (AvgIpc) is 2.16. The van der Waals surface area contributed by atoms with Gasteiger partial charge in [-0.05, 0) is 11.6 Å². The summed E-state index contributed by atoms with van der Waals surface area (Å²) in [6.07, 6.45) is -2.30. The van der Waals surface area contributed by atoms with Crippen LogP contribution in [0.15, 0.2) is 23.1 Å². The fourth-order valence-electron chi connectivity index (χ4n) is 0.924. The summed E-state index contributed by atoms with van der Waals surface area (Å²) in [6, 6.07) is 2.38. The number of hydrogen-bond donors (Lipinski definition) is 4. The minimum absolute atomic E-state index is 0.138. The quantitative estimate of drug-likeness (QED) is 0.491. The van der Waals surface area contributed by atoms with Gasteiger partial charge in [0, 0.05) is 12.3 Å². The summed E-state index contributed by atoms with van der Waals surface area (Å²) < 4.78 is 0. The van der Waals surface area contributed by atoms with Crippen molar-refractivity contribution in [1.82, 2.24) is 4.98 Å².